The van der Waals surface area contributed by atoms with Gasteiger partial charge in [-0.25, -0.2) is 9.97 Å². The standard InChI is InChI=1S/C18H23ClN2O2/c1-22-16-10-14-15(20-12-21-18(14)19)11-17(16)23-9-5-8-13-6-3-2-4-7-13/h10-13H,2-9H2,1H3. The molecule has 0 radical (unpaired) electrons. The Morgan fingerprint density at radius 1 is 1.13 bits per heavy atom. The molecule has 124 valence electrons. The van der Waals surface area contributed by atoms with Crippen molar-refractivity contribution in [1.29, 1.82) is 0 Å². The fraction of sp³-hybridized carbons (Fsp3) is 0.556. The maximum atomic E-state index is 6.10. The van der Waals surface area contributed by atoms with Gasteiger partial charge < -0.3 is 9.47 Å². The Hall–Kier alpha value is -1.55. The number of halogens is 1. The van der Waals surface area contributed by atoms with Crippen LogP contribution in [-0.2, 0) is 0 Å². The number of rotatable bonds is 6. The van der Waals surface area contributed by atoms with E-state index in [1.165, 1.54) is 44.9 Å². The molecule has 0 atom stereocenters. The molecule has 0 bridgehead atoms. The summed E-state index contributed by atoms with van der Waals surface area (Å²) in [6.45, 7) is 0.706. The van der Waals surface area contributed by atoms with Crippen molar-refractivity contribution in [3.05, 3.63) is 23.6 Å². The highest BCUT2D eigenvalue weighted by atomic mass is 35.5. The fourth-order valence-electron chi connectivity index (χ4n) is 3.33. The summed E-state index contributed by atoms with van der Waals surface area (Å²) in [5.74, 6) is 2.28. The van der Waals surface area contributed by atoms with Crippen LogP contribution in [0.3, 0.4) is 0 Å². The smallest absolute Gasteiger partial charge is 0.163 e. The molecule has 2 aromatic rings. The van der Waals surface area contributed by atoms with E-state index in [1.54, 1.807) is 7.11 Å². The minimum absolute atomic E-state index is 0.428. The second-order valence-electron chi connectivity index (χ2n) is 6.18. The van der Waals surface area contributed by atoms with Gasteiger partial charge in [-0.15, -0.1) is 0 Å². The third-order valence-electron chi connectivity index (χ3n) is 4.61. The van der Waals surface area contributed by atoms with Crippen molar-refractivity contribution < 1.29 is 9.47 Å². The number of methoxy groups -OCH3 is 1. The molecule has 1 aromatic heterocycles. The zero-order valence-corrected chi connectivity index (χ0v) is 14.3. The lowest BCUT2D eigenvalue weighted by molar-refractivity contribution is 0.259. The van der Waals surface area contributed by atoms with E-state index in [-0.39, 0.29) is 0 Å². The van der Waals surface area contributed by atoms with Crippen LogP contribution >= 0.6 is 11.6 Å². The molecule has 1 aliphatic carbocycles. The molecule has 0 amide bonds. The van der Waals surface area contributed by atoms with Gasteiger partial charge in [-0.1, -0.05) is 43.7 Å². The first-order valence-corrected chi connectivity index (χ1v) is 8.77. The van der Waals surface area contributed by atoms with Gasteiger partial charge >= 0.3 is 0 Å². The molecular weight excluding hydrogens is 312 g/mol. The molecule has 0 N–H and O–H groups in total. The highest BCUT2D eigenvalue weighted by molar-refractivity contribution is 6.34. The first-order chi connectivity index (χ1) is 11.3. The molecule has 1 heterocycles. The average Bonchev–Trinajstić information content (AvgIpc) is 2.59. The predicted molar refractivity (Wildman–Crippen MR) is 92.4 cm³/mol. The highest BCUT2D eigenvalue weighted by Gasteiger charge is 2.14. The minimum Gasteiger partial charge on any atom is -0.493 e. The largest absolute Gasteiger partial charge is 0.493 e. The summed E-state index contributed by atoms with van der Waals surface area (Å²) < 4.78 is 11.4. The van der Waals surface area contributed by atoms with E-state index in [4.69, 9.17) is 21.1 Å². The lowest BCUT2D eigenvalue weighted by Gasteiger charge is -2.21. The van der Waals surface area contributed by atoms with Crippen molar-refractivity contribution in [3.8, 4) is 11.5 Å². The van der Waals surface area contributed by atoms with E-state index < -0.39 is 0 Å². The van der Waals surface area contributed by atoms with E-state index in [0.717, 1.165) is 29.0 Å². The lowest BCUT2D eigenvalue weighted by atomic mass is 9.86. The number of ether oxygens (including phenoxy) is 2. The van der Waals surface area contributed by atoms with Crippen LogP contribution in [0.15, 0.2) is 18.5 Å². The number of hydrogen-bond acceptors (Lipinski definition) is 4. The van der Waals surface area contributed by atoms with Crippen LogP contribution in [0, 0.1) is 5.92 Å². The number of aromatic nitrogens is 2. The third-order valence-corrected chi connectivity index (χ3v) is 4.91. The third kappa shape index (κ3) is 4.05. The summed E-state index contributed by atoms with van der Waals surface area (Å²) in [5.41, 5.74) is 0.771. The second-order valence-corrected chi connectivity index (χ2v) is 6.54. The predicted octanol–water partition coefficient (Wildman–Crippen LogP) is 5.03. The van der Waals surface area contributed by atoms with Gasteiger partial charge in [-0.05, 0) is 24.8 Å². The SMILES string of the molecule is COc1cc2c(Cl)ncnc2cc1OCCCC1CCCCC1. The average molecular weight is 335 g/mol. The van der Waals surface area contributed by atoms with Crippen LogP contribution in [0.1, 0.15) is 44.9 Å². The van der Waals surface area contributed by atoms with Gasteiger partial charge in [0.25, 0.3) is 0 Å². The number of fused-ring (bicyclic) bond motifs is 1. The quantitative estimate of drug-likeness (QED) is 0.549. The van der Waals surface area contributed by atoms with Crippen molar-refractivity contribution in [2.24, 2.45) is 5.92 Å². The maximum Gasteiger partial charge on any atom is 0.163 e. The first-order valence-electron chi connectivity index (χ1n) is 8.39. The molecule has 1 saturated carbocycles. The van der Waals surface area contributed by atoms with E-state index in [9.17, 15) is 0 Å². The highest BCUT2D eigenvalue weighted by Crippen LogP contribution is 2.34. The number of hydrogen-bond donors (Lipinski definition) is 0. The van der Waals surface area contributed by atoms with Crippen molar-refractivity contribution in [2.45, 2.75) is 44.9 Å². The summed E-state index contributed by atoms with van der Waals surface area (Å²) in [6.07, 6.45) is 10.8. The van der Waals surface area contributed by atoms with Crippen LogP contribution in [0.5, 0.6) is 11.5 Å². The van der Waals surface area contributed by atoms with Gasteiger partial charge in [0.05, 0.1) is 19.2 Å². The summed E-state index contributed by atoms with van der Waals surface area (Å²) in [4.78, 5) is 8.25. The van der Waals surface area contributed by atoms with Crippen LogP contribution < -0.4 is 9.47 Å². The molecule has 1 aliphatic rings. The normalized spacial score (nSPS) is 15.7. The Morgan fingerprint density at radius 2 is 1.96 bits per heavy atom. The van der Waals surface area contributed by atoms with Crippen LogP contribution in [0.4, 0.5) is 0 Å². The van der Waals surface area contributed by atoms with Gasteiger partial charge in [0.2, 0.25) is 0 Å². The lowest BCUT2D eigenvalue weighted by Crippen LogP contribution is -2.08. The molecule has 23 heavy (non-hydrogen) atoms. The van der Waals surface area contributed by atoms with Crippen LogP contribution in [-0.4, -0.2) is 23.7 Å². The maximum absolute atomic E-state index is 6.10. The van der Waals surface area contributed by atoms with Gasteiger partial charge in [0, 0.05) is 11.5 Å². The van der Waals surface area contributed by atoms with Crippen molar-refractivity contribution in [2.75, 3.05) is 13.7 Å². The molecule has 0 saturated heterocycles. The topological polar surface area (TPSA) is 44.2 Å². The number of benzene rings is 1. The second kappa shape index (κ2) is 7.82. The molecule has 0 aliphatic heterocycles. The summed E-state index contributed by atoms with van der Waals surface area (Å²) in [5, 5.41) is 1.21. The van der Waals surface area contributed by atoms with E-state index in [2.05, 4.69) is 9.97 Å². The Labute approximate surface area is 142 Å². The summed E-state index contributed by atoms with van der Waals surface area (Å²) in [7, 11) is 1.63. The van der Waals surface area contributed by atoms with Gasteiger partial charge in [0.1, 0.15) is 11.5 Å². The Kier molecular flexibility index (Phi) is 5.55. The Bertz CT molecular complexity index is 657. The van der Waals surface area contributed by atoms with E-state index >= 15 is 0 Å². The zero-order valence-electron chi connectivity index (χ0n) is 13.6. The number of nitrogens with zero attached hydrogens (tertiary/aromatic N) is 2. The minimum atomic E-state index is 0.428. The molecule has 0 spiro atoms. The zero-order chi connectivity index (χ0) is 16.1. The fourth-order valence-corrected chi connectivity index (χ4v) is 3.53. The molecular formula is C18H23ClN2O2. The van der Waals surface area contributed by atoms with Crippen LogP contribution in [0.2, 0.25) is 5.15 Å². The summed E-state index contributed by atoms with van der Waals surface area (Å²) in [6, 6.07) is 3.72. The van der Waals surface area contributed by atoms with Crippen molar-refractivity contribution >= 4 is 22.5 Å². The monoisotopic (exact) mass is 334 g/mol. The molecule has 5 heteroatoms. The molecule has 1 fully saturated rings. The first kappa shape index (κ1) is 16.3. The molecule has 1 aromatic carbocycles. The van der Waals surface area contributed by atoms with Crippen molar-refractivity contribution in [3.63, 3.8) is 0 Å². The van der Waals surface area contributed by atoms with Crippen LogP contribution in [0.25, 0.3) is 10.9 Å². The van der Waals surface area contributed by atoms with E-state index in [0.29, 0.717) is 17.5 Å². The van der Waals surface area contributed by atoms with Gasteiger partial charge in [-0.3, -0.25) is 0 Å². The molecule has 0 unspecified atom stereocenters. The molecule has 4 nitrogen and oxygen atoms in total. The Morgan fingerprint density at radius 3 is 2.74 bits per heavy atom. The van der Waals surface area contributed by atoms with E-state index in [1.807, 2.05) is 12.1 Å². The summed E-state index contributed by atoms with van der Waals surface area (Å²) >= 11 is 6.10. The van der Waals surface area contributed by atoms with Gasteiger partial charge in [0.15, 0.2) is 11.5 Å². The van der Waals surface area contributed by atoms with Crippen molar-refractivity contribution in [1.82, 2.24) is 9.97 Å². The van der Waals surface area contributed by atoms with Gasteiger partial charge in [-0.2, -0.15) is 0 Å². The molecule has 3 rings (SSSR count). The Balaban J connectivity index is 1.62.